The number of nitrogens with one attached hydrogen (secondary N) is 1. The van der Waals surface area contributed by atoms with Crippen LogP contribution in [0.1, 0.15) is 15.9 Å². The summed E-state index contributed by atoms with van der Waals surface area (Å²) in [5, 5.41) is 2.44. The largest absolute Gasteiger partial charge is 0.435 e. The number of ether oxygens (including phenoxy) is 1. The van der Waals surface area contributed by atoms with Gasteiger partial charge in [-0.3, -0.25) is 19.3 Å². The molecule has 0 bridgehead atoms. The van der Waals surface area contributed by atoms with Crippen molar-refractivity contribution < 1.29 is 27.9 Å². The third-order valence-electron chi connectivity index (χ3n) is 4.07. The zero-order valence-corrected chi connectivity index (χ0v) is 18.8. The molecule has 0 aliphatic carbocycles. The van der Waals surface area contributed by atoms with E-state index in [1.165, 1.54) is 30.3 Å². The number of carbonyl (C=O) groups is 3. The molecule has 0 unspecified atom stereocenters. The summed E-state index contributed by atoms with van der Waals surface area (Å²) in [6.45, 7) is -2.89. The van der Waals surface area contributed by atoms with Gasteiger partial charge in [0, 0.05) is 17.6 Å². The maximum Gasteiger partial charge on any atom is 0.387 e. The van der Waals surface area contributed by atoms with E-state index in [4.69, 9.17) is 11.6 Å². The Morgan fingerprint density at radius 3 is 2.61 bits per heavy atom. The number of hydrogen-bond acceptors (Lipinski definition) is 5. The van der Waals surface area contributed by atoms with E-state index in [0.29, 0.717) is 10.0 Å². The summed E-state index contributed by atoms with van der Waals surface area (Å²) in [4.78, 5) is 38.2. The summed E-state index contributed by atoms with van der Waals surface area (Å²) in [5.74, 6) is -0.945. The molecule has 0 radical (unpaired) electrons. The number of imide groups is 1. The Morgan fingerprint density at radius 1 is 1.23 bits per heavy atom. The van der Waals surface area contributed by atoms with E-state index >= 15 is 0 Å². The van der Waals surface area contributed by atoms with Gasteiger partial charge < -0.3 is 10.1 Å². The second kappa shape index (κ2) is 10.3. The molecule has 162 valence electrons. The molecule has 1 aliphatic rings. The Labute approximate surface area is 193 Å². The zero-order chi connectivity index (χ0) is 22.5. The highest BCUT2D eigenvalue weighted by Crippen LogP contribution is 2.32. The molecule has 2 aromatic carbocycles. The van der Waals surface area contributed by atoms with Crippen LogP contribution in [0.2, 0.25) is 5.02 Å². The van der Waals surface area contributed by atoms with Crippen molar-refractivity contribution >= 4 is 62.4 Å². The normalized spacial score (nSPS) is 15.1. The molecule has 1 N–H and O–H groups in total. The van der Waals surface area contributed by atoms with Gasteiger partial charge in [0.15, 0.2) is 0 Å². The van der Waals surface area contributed by atoms with Gasteiger partial charge in [0.1, 0.15) is 5.75 Å². The van der Waals surface area contributed by atoms with Crippen LogP contribution in [-0.2, 0) is 4.79 Å². The van der Waals surface area contributed by atoms with Crippen molar-refractivity contribution in [3.05, 3.63) is 68.0 Å². The number of hydrogen-bond donors (Lipinski definition) is 1. The standard InChI is InChI=1S/C20H14BrClF2N2O4S/c21-12-3-6-15(22)14(10-12)17(27)25-7-8-26-18(28)16(31-20(26)29)9-11-1-4-13(5-2-11)30-19(23)24/h1-6,9-10,19H,7-8H2,(H,25,27)/b16-9+. The van der Waals surface area contributed by atoms with Gasteiger partial charge in [-0.25, -0.2) is 0 Å². The Morgan fingerprint density at radius 2 is 1.94 bits per heavy atom. The van der Waals surface area contributed by atoms with Gasteiger partial charge in [-0.1, -0.05) is 39.7 Å². The lowest BCUT2D eigenvalue weighted by atomic mass is 10.2. The van der Waals surface area contributed by atoms with E-state index < -0.39 is 23.7 Å². The van der Waals surface area contributed by atoms with Crippen molar-refractivity contribution in [2.75, 3.05) is 13.1 Å². The fraction of sp³-hybridized carbons (Fsp3) is 0.150. The number of benzene rings is 2. The van der Waals surface area contributed by atoms with Gasteiger partial charge in [0.2, 0.25) is 0 Å². The summed E-state index contributed by atoms with van der Waals surface area (Å²) in [5.41, 5.74) is 0.814. The minimum atomic E-state index is -2.93. The number of rotatable bonds is 7. The topological polar surface area (TPSA) is 75.7 Å². The molecule has 1 heterocycles. The Hall–Kier alpha value is -2.43. The minimum Gasteiger partial charge on any atom is -0.435 e. The van der Waals surface area contributed by atoms with Crippen molar-refractivity contribution in [1.82, 2.24) is 10.2 Å². The molecule has 3 rings (SSSR count). The van der Waals surface area contributed by atoms with Crippen LogP contribution in [0.25, 0.3) is 6.08 Å². The first kappa shape index (κ1) is 23.2. The highest BCUT2D eigenvalue weighted by molar-refractivity contribution is 9.10. The summed E-state index contributed by atoms with van der Waals surface area (Å²) in [7, 11) is 0. The second-order valence-electron chi connectivity index (χ2n) is 6.16. The lowest BCUT2D eigenvalue weighted by Crippen LogP contribution is -2.37. The van der Waals surface area contributed by atoms with Crippen LogP contribution in [0.3, 0.4) is 0 Å². The number of nitrogens with zero attached hydrogens (tertiary/aromatic N) is 1. The number of alkyl halides is 2. The van der Waals surface area contributed by atoms with Crippen LogP contribution in [0.15, 0.2) is 51.8 Å². The molecule has 0 saturated carbocycles. The highest BCUT2D eigenvalue weighted by atomic mass is 79.9. The van der Waals surface area contributed by atoms with Gasteiger partial charge in [-0.05, 0) is 53.7 Å². The fourth-order valence-corrected chi connectivity index (χ4v) is 4.07. The molecule has 31 heavy (non-hydrogen) atoms. The highest BCUT2D eigenvalue weighted by Gasteiger charge is 2.34. The molecule has 1 fully saturated rings. The molecule has 1 saturated heterocycles. The van der Waals surface area contributed by atoms with Crippen molar-refractivity contribution in [2.45, 2.75) is 6.61 Å². The van der Waals surface area contributed by atoms with E-state index in [2.05, 4.69) is 26.0 Å². The number of amides is 3. The lowest BCUT2D eigenvalue weighted by Gasteiger charge is -2.13. The summed E-state index contributed by atoms with van der Waals surface area (Å²) >= 11 is 10.0. The van der Waals surface area contributed by atoms with E-state index in [-0.39, 0.29) is 34.3 Å². The first-order valence-electron chi connectivity index (χ1n) is 8.78. The Bertz CT molecular complexity index is 1050. The summed E-state index contributed by atoms with van der Waals surface area (Å²) < 4.78 is 29.4. The summed E-state index contributed by atoms with van der Waals surface area (Å²) in [6.07, 6.45) is 1.48. The van der Waals surface area contributed by atoms with E-state index in [9.17, 15) is 23.2 Å². The molecule has 11 heteroatoms. The average molecular weight is 532 g/mol. The smallest absolute Gasteiger partial charge is 0.387 e. The van der Waals surface area contributed by atoms with Crippen molar-refractivity contribution in [2.24, 2.45) is 0 Å². The first-order valence-corrected chi connectivity index (χ1v) is 10.8. The third kappa shape index (κ3) is 6.05. The van der Waals surface area contributed by atoms with E-state index in [1.54, 1.807) is 18.2 Å². The van der Waals surface area contributed by atoms with Crippen LogP contribution < -0.4 is 10.1 Å². The fourth-order valence-electron chi connectivity index (χ4n) is 2.64. The van der Waals surface area contributed by atoms with Crippen LogP contribution in [0, 0.1) is 0 Å². The zero-order valence-electron chi connectivity index (χ0n) is 15.6. The molecule has 0 atom stereocenters. The number of halogens is 4. The molecule has 1 aliphatic heterocycles. The second-order valence-corrected chi connectivity index (χ2v) is 8.48. The van der Waals surface area contributed by atoms with E-state index in [1.807, 2.05) is 0 Å². The molecular formula is C20H14BrClF2N2O4S. The van der Waals surface area contributed by atoms with Crippen LogP contribution in [-0.4, -0.2) is 41.7 Å². The summed E-state index contributed by atoms with van der Waals surface area (Å²) in [6, 6.07) is 10.5. The first-order chi connectivity index (χ1) is 14.7. The van der Waals surface area contributed by atoms with Gasteiger partial charge in [0.05, 0.1) is 15.5 Å². The molecule has 0 spiro atoms. The van der Waals surface area contributed by atoms with Crippen molar-refractivity contribution in [3.8, 4) is 5.75 Å². The maximum atomic E-state index is 12.5. The predicted octanol–water partition coefficient (Wildman–Crippen LogP) is 5.17. The van der Waals surface area contributed by atoms with Gasteiger partial charge >= 0.3 is 6.61 Å². The molecule has 2 aromatic rings. The number of thioether (sulfide) groups is 1. The monoisotopic (exact) mass is 530 g/mol. The number of carbonyl (C=O) groups excluding carboxylic acids is 3. The van der Waals surface area contributed by atoms with Crippen molar-refractivity contribution in [1.29, 1.82) is 0 Å². The average Bonchev–Trinajstić information content (AvgIpc) is 2.98. The molecule has 0 aromatic heterocycles. The molecular weight excluding hydrogens is 518 g/mol. The minimum absolute atomic E-state index is 0.0125. The third-order valence-corrected chi connectivity index (χ3v) is 5.80. The van der Waals surface area contributed by atoms with Gasteiger partial charge in [-0.15, -0.1) is 0 Å². The predicted molar refractivity (Wildman–Crippen MR) is 117 cm³/mol. The van der Waals surface area contributed by atoms with Gasteiger partial charge in [-0.2, -0.15) is 8.78 Å². The Kier molecular flexibility index (Phi) is 7.69. The van der Waals surface area contributed by atoms with Crippen LogP contribution in [0.5, 0.6) is 5.75 Å². The maximum absolute atomic E-state index is 12.5. The van der Waals surface area contributed by atoms with Crippen LogP contribution >= 0.6 is 39.3 Å². The molecule has 3 amide bonds. The van der Waals surface area contributed by atoms with E-state index in [0.717, 1.165) is 16.7 Å². The lowest BCUT2D eigenvalue weighted by molar-refractivity contribution is -0.122. The van der Waals surface area contributed by atoms with Gasteiger partial charge in [0.25, 0.3) is 17.1 Å². The molecule has 6 nitrogen and oxygen atoms in total. The van der Waals surface area contributed by atoms with Crippen LogP contribution in [0.4, 0.5) is 13.6 Å². The van der Waals surface area contributed by atoms with Crippen molar-refractivity contribution in [3.63, 3.8) is 0 Å². The Balaban J connectivity index is 1.59. The SMILES string of the molecule is O=C(NCCN1C(=O)S/C(=C/c2ccc(OC(F)F)cc2)C1=O)c1cc(Br)ccc1Cl. The quantitative estimate of drug-likeness (QED) is 0.499.